The average Bonchev–Trinajstić information content (AvgIpc) is 3.31. The zero-order valence-electron chi connectivity index (χ0n) is 19.9. The quantitative estimate of drug-likeness (QED) is 0.437. The summed E-state index contributed by atoms with van der Waals surface area (Å²) in [6, 6.07) is 13.1. The first kappa shape index (κ1) is 27.5. The van der Waals surface area contributed by atoms with Crippen LogP contribution in [0.15, 0.2) is 53.0 Å². The van der Waals surface area contributed by atoms with Gasteiger partial charge in [-0.1, -0.05) is 59.4 Å². The van der Waals surface area contributed by atoms with Crippen molar-refractivity contribution in [3.05, 3.63) is 63.6 Å². The highest BCUT2D eigenvalue weighted by atomic mass is 79.9. The molecule has 3 rings (SSSR count). The molecule has 1 aliphatic carbocycles. The standard InChI is InChI=1S/C25H31BrClN3O4S/c1-3-23(25(32)28-21-6-4-5-7-21)29(16-18-8-12-20(27)13-9-18)24(31)17-30(35(2,33)34)22-14-10-19(26)11-15-22/h8-15,21,23H,3-7,16-17H2,1-2H3,(H,28,32)/t23-/m1/s1. The number of anilines is 1. The highest BCUT2D eigenvalue weighted by Gasteiger charge is 2.33. The molecule has 0 saturated heterocycles. The summed E-state index contributed by atoms with van der Waals surface area (Å²) < 4.78 is 27.1. The number of benzene rings is 2. The van der Waals surface area contributed by atoms with Gasteiger partial charge in [-0.3, -0.25) is 13.9 Å². The van der Waals surface area contributed by atoms with Gasteiger partial charge in [-0.15, -0.1) is 0 Å². The average molecular weight is 585 g/mol. The van der Waals surface area contributed by atoms with Crippen molar-refractivity contribution in [1.82, 2.24) is 10.2 Å². The Labute approximate surface area is 221 Å². The van der Waals surface area contributed by atoms with Gasteiger partial charge in [0, 0.05) is 22.1 Å². The number of hydrogen-bond donors (Lipinski definition) is 1. The number of carbonyl (C=O) groups excluding carboxylic acids is 2. The summed E-state index contributed by atoms with van der Waals surface area (Å²) in [6.07, 6.45) is 5.47. The lowest BCUT2D eigenvalue weighted by atomic mass is 10.1. The van der Waals surface area contributed by atoms with Crippen LogP contribution in [0.5, 0.6) is 0 Å². The third-order valence-electron chi connectivity index (χ3n) is 6.15. The molecule has 0 unspecified atom stereocenters. The Balaban J connectivity index is 1.90. The van der Waals surface area contributed by atoms with E-state index in [1.807, 2.05) is 6.92 Å². The molecular formula is C25H31BrClN3O4S. The molecule has 1 fully saturated rings. The molecule has 10 heteroatoms. The Hall–Kier alpha value is -2.10. The van der Waals surface area contributed by atoms with Crippen LogP contribution in [0, 0.1) is 0 Å². The van der Waals surface area contributed by atoms with Crippen LogP contribution in [0.3, 0.4) is 0 Å². The Morgan fingerprint density at radius 2 is 1.69 bits per heavy atom. The van der Waals surface area contributed by atoms with Gasteiger partial charge in [0.05, 0.1) is 11.9 Å². The molecule has 2 amide bonds. The Kier molecular flexibility index (Phi) is 9.61. The molecule has 2 aromatic carbocycles. The topological polar surface area (TPSA) is 86.8 Å². The Bertz CT molecular complexity index is 1120. The molecule has 190 valence electrons. The first-order valence-corrected chi connectivity index (χ1v) is 14.7. The minimum atomic E-state index is -3.76. The van der Waals surface area contributed by atoms with E-state index in [0.29, 0.717) is 17.1 Å². The summed E-state index contributed by atoms with van der Waals surface area (Å²) in [5.41, 5.74) is 1.17. The third kappa shape index (κ3) is 7.69. The van der Waals surface area contributed by atoms with Gasteiger partial charge in [-0.05, 0) is 61.2 Å². The summed E-state index contributed by atoms with van der Waals surface area (Å²) in [7, 11) is -3.76. The summed E-state index contributed by atoms with van der Waals surface area (Å²) in [4.78, 5) is 28.4. The largest absolute Gasteiger partial charge is 0.352 e. The predicted octanol–water partition coefficient (Wildman–Crippen LogP) is 4.73. The van der Waals surface area contributed by atoms with E-state index < -0.39 is 28.5 Å². The molecular weight excluding hydrogens is 554 g/mol. The number of amides is 2. The van der Waals surface area contributed by atoms with E-state index in [1.54, 1.807) is 48.5 Å². The van der Waals surface area contributed by atoms with Crippen molar-refractivity contribution in [2.24, 2.45) is 0 Å². The summed E-state index contributed by atoms with van der Waals surface area (Å²) in [6.45, 7) is 1.59. The molecule has 1 N–H and O–H groups in total. The molecule has 0 spiro atoms. The van der Waals surface area contributed by atoms with E-state index in [2.05, 4.69) is 21.2 Å². The molecule has 0 bridgehead atoms. The minimum Gasteiger partial charge on any atom is -0.352 e. The van der Waals surface area contributed by atoms with Crippen LogP contribution < -0.4 is 9.62 Å². The van der Waals surface area contributed by atoms with Gasteiger partial charge in [0.2, 0.25) is 21.8 Å². The summed E-state index contributed by atoms with van der Waals surface area (Å²) >= 11 is 9.37. The molecule has 1 atom stereocenters. The molecule has 1 aliphatic rings. The maximum absolute atomic E-state index is 13.7. The SMILES string of the molecule is CC[C@H](C(=O)NC1CCCC1)N(Cc1ccc(Cl)cc1)C(=O)CN(c1ccc(Br)cc1)S(C)(=O)=O. The minimum absolute atomic E-state index is 0.110. The van der Waals surface area contributed by atoms with E-state index in [0.717, 1.165) is 46.3 Å². The lowest BCUT2D eigenvalue weighted by Gasteiger charge is -2.33. The normalized spacial score (nSPS) is 15.0. The van der Waals surface area contributed by atoms with Gasteiger partial charge in [0.1, 0.15) is 12.6 Å². The highest BCUT2D eigenvalue weighted by molar-refractivity contribution is 9.10. The lowest BCUT2D eigenvalue weighted by Crippen LogP contribution is -2.53. The number of nitrogens with zero attached hydrogens (tertiary/aromatic N) is 2. The zero-order valence-corrected chi connectivity index (χ0v) is 23.1. The zero-order chi connectivity index (χ0) is 25.6. The predicted molar refractivity (Wildman–Crippen MR) is 143 cm³/mol. The molecule has 35 heavy (non-hydrogen) atoms. The second kappa shape index (κ2) is 12.2. The number of nitrogens with one attached hydrogen (secondary N) is 1. The van der Waals surface area contributed by atoms with Crippen molar-refractivity contribution in [3.63, 3.8) is 0 Å². The molecule has 7 nitrogen and oxygen atoms in total. The van der Waals surface area contributed by atoms with Crippen molar-refractivity contribution < 1.29 is 18.0 Å². The first-order chi connectivity index (χ1) is 16.6. The number of carbonyl (C=O) groups is 2. The smallest absolute Gasteiger partial charge is 0.244 e. The monoisotopic (exact) mass is 583 g/mol. The van der Waals surface area contributed by atoms with Crippen LogP contribution in [-0.2, 0) is 26.2 Å². The maximum atomic E-state index is 13.7. The summed E-state index contributed by atoms with van der Waals surface area (Å²) in [5, 5.41) is 3.66. The summed E-state index contributed by atoms with van der Waals surface area (Å²) in [5.74, 6) is -0.669. The van der Waals surface area contributed by atoms with Crippen molar-refractivity contribution in [3.8, 4) is 0 Å². The van der Waals surface area contributed by atoms with Gasteiger partial charge >= 0.3 is 0 Å². The van der Waals surface area contributed by atoms with E-state index >= 15 is 0 Å². The van der Waals surface area contributed by atoms with Gasteiger partial charge in [0.15, 0.2) is 0 Å². The van der Waals surface area contributed by atoms with Crippen LogP contribution in [0.4, 0.5) is 5.69 Å². The fourth-order valence-corrected chi connectivity index (χ4v) is 5.53. The second-order valence-electron chi connectivity index (χ2n) is 8.81. The van der Waals surface area contributed by atoms with Crippen molar-refractivity contribution in [2.45, 2.75) is 57.7 Å². The van der Waals surface area contributed by atoms with Crippen molar-refractivity contribution >= 4 is 55.1 Å². The molecule has 0 radical (unpaired) electrons. The van der Waals surface area contributed by atoms with Gasteiger partial charge < -0.3 is 10.2 Å². The van der Waals surface area contributed by atoms with Crippen LogP contribution in [0.2, 0.25) is 5.02 Å². The number of sulfonamides is 1. The Morgan fingerprint density at radius 1 is 1.09 bits per heavy atom. The molecule has 0 aliphatic heterocycles. The van der Waals surface area contributed by atoms with Crippen LogP contribution in [-0.4, -0.2) is 50.0 Å². The molecule has 2 aromatic rings. The number of hydrogen-bond acceptors (Lipinski definition) is 4. The Morgan fingerprint density at radius 3 is 2.23 bits per heavy atom. The lowest BCUT2D eigenvalue weighted by molar-refractivity contribution is -0.140. The van der Waals surface area contributed by atoms with Gasteiger partial charge in [0.25, 0.3) is 0 Å². The van der Waals surface area contributed by atoms with E-state index in [9.17, 15) is 18.0 Å². The fraction of sp³-hybridized carbons (Fsp3) is 0.440. The van der Waals surface area contributed by atoms with Crippen LogP contribution >= 0.6 is 27.5 Å². The van der Waals surface area contributed by atoms with Gasteiger partial charge in [-0.2, -0.15) is 0 Å². The van der Waals surface area contributed by atoms with Crippen molar-refractivity contribution in [1.29, 1.82) is 0 Å². The molecule has 1 saturated carbocycles. The maximum Gasteiger partial charge on any atom is 0.244 e. The second-order valence-corrected chi connectivity index (χ2v) is 12.1. The van der Waals surface area contributed by atoms with E-state index in [-0.39, 0.29) is 18.5 Å². The van der Waals surface area contributed by atoms with Crippen LogP contribution in [0.1, 0.15) is 44.6 Å². The number of rotatable bonds is 10. The fourth-order valence-electron chi connectivity index (χ4n) is 4.29. The van der Waals surface area contributed by atoms with Crippen LogP contribution in [0.25, 0.3) is 0 Å². The van der Waals surface area contributed by atoms with Crippen molar-refractivity contribution in [2.75, 3.05) is 17.1 Å². The highest BCUT2D eigenvalue weighted by Crippen LogP contribution is 2.23. The molecule has 0 heterocycles. The van der Waals surface area contributed by atoms with E-state index in [4.69, 9.17) is 11.6 Å². The van der Waals surface area contributed by atoms with E-state index in [1.165, 1.54) is 4.90 Å². The third-order valence-corrected chi connectivity index (χ3v) is 8.07. The van der Waals surface area contributed by atoms with Gasteiger partial charge in [-0.25, -0.2) is 8.42 Å². The molecule has 0 aromatic heterocycles. The number of halogens is 2. The first-order valence-electron chi connectivity index (χ1n) is 11.7.